The van der Waals surface area contributed by atoms with E-state index in [9.17, 15) is 9.59 Å². The fourth-order valence-corrected chi connectivity index (χ4v) is 4.83. The number of hydrazone groups is 1. The number of nitrogens with zero attached hydrogens (tertiary/aromatic N) is 1. The summed E-state index contributed by atoms with van der Waals surface area (Å²) in [4.78, 5) is 25.4. The van der Waals surface area contributed by atoms with Crippen molar-refractivity contribution in [2.45, 2.75) is 27.4 Å². The van der Waals surface area contributed by atoms with Gasteiger partial charge in [0.05, 0.1) is 23.9 Å². The van der Waals surface area contributed by atoms with E-state index in [1.54, 1.807) is 42.5 Å². The molecule has 0 radical (unpaired) electrons. The Balaban J connectivity index is 1.39. The van der Waals surface area contributed by atoms with Crippen molar-refractivity contribution in [3.8, 4) is 23.0 Å². The lowest BCUT2D eigenvalue weighted by Gasteiger charge is -2.15. The van der Waals surface area contributed by atoms with Crippen LogP contribution in [0.4, 0.5) is 5.69 Å². The minimum absolute atomic E-state index is 0.256. The number of anilines is 1. The fourth-order valence-electron chi connectivity index (χ4n) is 4.07. The van der Waals surface area contributed by atoms with Crippen LogP contribution in [0.1, 0.15) is 40.9 Å². The molecule has 4 rings (SSSR count). The topological polar surface area (TPSA) is 107 Å². The van der Waals surface area contributed by atoms with Crippen LogP contribution in [0.2, 0.25) is 5.02 Å². The normalized spacial score (nSPS) is 10.8. The smallest absolute Gasteiger partial charge is 0.271 e. The molecule has 0 aliphatic heterocycles. The molecule has 11 heteroatoms. The maximum atomic E-state index is 12.9. The quantitative estimate of drug-likeness (QED) is 0.104. The van der Waals surface area contributed by atoms with Crippen molar-refractivity contribution < 1.29 is 28.5 Å². The average Bonchev–Trinajstić information content (AvgIpc) is 3.02. The zero-order valence-corrected chi connectivity index (χ0v) is 27.4. The van der Waals surface area contributed by atoms with Gasteiger partial charge in [-0.3, -0.25) is 9.59 Å². The molecular formula is C34H33BrClN3O6. The van der Waals surface area contributed by atoms with Gasteiger partial charge in [0, 0.05) is 16.3 Å². The van der Waals surface area contributed by atoms with E-state index in [0.29, 0.717) is 69.1 Å². The van der Waals surface area contributed by atoms with Gasteiger partial charge in [0.1, 0.15) is 6.61 Å². The molecule has 0 heterocycles. The molecule has 9 nitrogen and oxygen atoms in total. The van der Waals surface area contributed by atoms with Crippen molar-refractivity contribution in [2.24, 2.45) is 5.10 Å². The number of ether oxygens (including phenoxy) is 4. The SMILES string of the molecule is CCOc1cc(C(=O)N/N=C/c2cc(Br)c(OCC(=O)Nc3ccc(C)c(Cl)c3)c(OCC)c2)ccc1OCc1ccccc1. The van der Waals surface area contributed by atoms with Gasteiger partial charge in [0.2, 0.25) is 0 Å². The molecule has 0 atom stereocenters. The lowest BCUT2D eigenvalue weighted by molar-refractivity contribution is -0.118. The Morgan fingerprint density at radius 3 is 2.36 bits per heavy atom. The van der Waals surface area contributed by atoms with Crippen LogP contribution < -0.4 is 29.7 Å². The number of carbonyl (C=O) groups is 2. The van der Waals surface area contributed by atoms with E-state index in [0.717, 1.165) is 11.1 Å². The van der Waals surface area contributed by atoms with Gasteiger partial charge in [-0.1, -0.05) is 48.0 Å². The van der Waals surface area contributed by atoms with Gasteiger partial charge in [-0.2, -0.15) is 5.10 Å². The minimum atomic E-state index is -0.424. The Labute approximate surface area is 275 Å². The van der Waals surface area contributed by atoms with Crippen LogP contribution in [0.15, 0.2) is 88.4 Å². The first kappa shape index (κ1) is 33.4. The number of hydrogen-bond donors (Lipinski definition) is 2. The third-order valence-corrected chi connectivity index (χ3v) is 7.25. The molecule has 0 spiro atoms. The molecule has 0 unspecified atom stereocenters. The van der Waals surface area contributed by atoms with E-state index in [2.05, 4.69) is 31.8 Å². The monoisotopic (exact) mass is 693 g/mol. The van der Waals surface area contributed by atoms with E-state index in [4.69, 9.17) is 30.5 Å². The molecule has 45 heavy (non-hydrogen) atoms. The highest BCUT2D eigenvalue weighted by molar-refractivity contribution is 9.10. The standard InChI is InChI=1S/C34H33BrClN3O6/c1-4-42-30-17-25(12-14-29(30)44-20-23-9-7-6-8-10-23)34(41)39-37-19-24-15-27(35)33(31(16-24)43-5-2)45-21-32(40)38-26-13-11-22(3)28(36)18-26/h6-19H,4-5,20-21H2,1-3H3,(H,38,40)(H,39,41)/b37-19+. The first-order valence-electron chi connectivity index (χ1n) is 14.2. The largest absolute Gasteiger partial charge is 0.490 e. The molecule has 0 bridgehead atoms. The number of nitrogens with one attached hydrogen (secondary N) is 2. The maximum Gasteiger partial charge on any atom is 0.271 e. The zero-order valence-electron chi connectivity index (χ0n) is 25.1. The molecule has 0 aromatic heterocycles. The van der Waals surface area contributed by atoms with Gasteiger partial charge in [-0.15, -0.1) is 0 Å². The Morgan fingerprint density at radius 1 is 0.867 bits per heavy atom. The number of hydrogen-bond acceptors (Lipinski definition) is 7. The Bertz CT molecular complexity index is 1670. The van der Waals surface area contributed by atoms with Crippen molar-refractivity contribution in [2.75, 3.05) is 25.1 Å². The summed E-state index contributed by atoms with van der Waals surface area (Å²) in [6.45, 7) is 6.46. The van der Waals surface area contributed by atoms with Crippen LogP contribution in [0, 0.1) is 6.92 Å². The van der Waals surface area contributed by atoms with Crippen molar-refractivity contribution in [3.63, 3.8) is 0 Å². The fraction of sp³-hybridized carbons (Fsp3) is 0.206. The van der Waals surface area contributed by atoms with Crippen LogP contribution in [0.5, 0.6) is 23.0 Å². The Kier molecular flexibility index (Phi) is 12.2. The minimum Gasteiger partial charge on any atom is -0.490 e. The van der Waals surface area contributed by atoms with E-state index in [1.807, 2.05) is 57.2 Å². The van der Waals surface area contributed by atoms with Crippen LogP contribution >= 0.6 is 27.5 Å². The third-order valence-electron chi connectivity index (χ3n) is 6.26. The molecule has 2 amide bonds. The number of rotatable bonds is 14. The summed E-state index contributed by atoms with van der Waals surface area (Å²) in [5.74, 6) is 0.967. The van der Waals surface area contributed by atoms with Gasteiger partial charge in [0.25, 0.3) is 11.8 Å². The molecular weight excluding hydrogens is 662 g/mol. The molecule has 4 aromatic carbocycles. The van der Waals surface area contributed by atoms with Gasteiger partial charge in [-0.05, 0) is 95.9 Å². The Morgan fingerprint density at radius 2 is 1.62 bits per heavy atom. The summed E-state index contributed by atoms with van der Waals surface area (Å²) in [6, 6.07) is 23.4. The van der Waals surface area contributed by atoms with Gasteiger partial charge in [-0.25, -0.2) is 5.43 Å². The summed E-state index contributed by atoms with van der Waals surface area (Å²) in [6.07, 6.45) is 1.48. The second-order valence-electron chi connectivity index (χ2n) is 9.63. The highest BCUT2D eigenvalue weighted by atomic mass is 79.9. The van der Waals surface area contributed by atoms with E-state index in [1.165, 1.54) is 6.21 Å². The van der Waals surface area contributed by atoms with E-state index >= 15 is 0 Å². The number of aryl methyl sites for hydroxylation is 1. The molecule has 4 aromatic rings. The lowest BCUT2D eigenvalue weighted by atomic mass is 10.2. The average molecular weight is 695 g/mol. The maximum absolute atomic E-state index is 12.9. The van der Waals surface area contributed by atoms with Crippen molar-refractivity contribution in [1.82, 2.24) is 5.43 Å². The van der Waals surface area contributed by atoms with Crippen LogP contribution in [0.25, 0.3) is 0 Å². The second kappa shape index (κ2) is 16.5. The number of amides is 2. The molecule has 0 saturated carbocycles. The van der Waals surface area contributed by atoms with E-state index < -0.39 is 5.91 Å². The summed E-state index contributed by atoms with van der Waals surface area (Å²) in [5, 5.41) is 7.43. The van der Waals surface area contributed by atoms with Crippen molar-refractivity contribution in [1.29, 1.82) is 0 Å². The highest BCUT2D eigenvalue weighted by Crippen LogP contribution is 2.37. The third kappa shape index (κ3) is 9.72. The molecule has 0 aliphatic rings. The molecule has 2 N–H and O–H groups in total. The molecule has 234 valence electrons. The van der Waals surface area contributed by atoms with Crippen molar-refractivity contribution in [3.05, 3.63) is 111 Å². The number of carbonyl (C=O) groups excluding carboxylic acids is 2. The number of benzene rings is 4. The second-order valence-corrected chi connectivity index (χ2v) is 10.9. The lowest BCUT2D eigenvalue weighted by Crippen LogP contribution is -2.20. The summed E-state index contributed by atoms with van der Waals surface area (Å²) in [7, 11) is 0. The van der Waals surface area contributed by atoms with Crippen LogP contribution in [-0.4, -0.2) is 37.8 Å². The van der Waals surface area contributed by atoms with Crippen LogP contribution in [-0.2, 0) is 11.4 Å². The molecule has 0 fully saturated rings. The predicted octanol–water partition coefficient (Wildman–Crippen LogP) is 7.57. The summed E-state index contributed by atoms with van der Waals surface area (Å²) in [5.41, 5.74) is 6.01. The van der Waals surface area contributed by atoms with Gasteiger partial charge >= 0.3 is 0 Å². The first-order valence-corrected chi connectivity index (χ1v) is 15.4. The molecule has 0 saturated heterocycles. The number of halogens is 2. The van der Waals surface area contributed by atoms with Gasteiger partial charge in [0.15, 0.2) is 29.6 Å². The first-order chi connectivity index (χ1) is 21.8. The van der Waals surface area contributed by atoms with Crippen LogP contribution in [0.3, 0.4) is 0 Å². The van der Waals surface area contributed by atoms with E-state index in [-0.39, 0.29) is 12.5 Å². The summed E-state index contributed by atoms with van der Waals surface area (Å²) < 4.78 is 23.7. The highest BCUT2D eigenvalue weighted by Gasteiger charge is 2.15. The zero-order chi connectivity index (χ0) is 32.2. The van der Waals surface area contributed by atoms with Gasteiger partial charge < -0.3 is 24.3 Å². The van der Waals surface area contributed by atoms with Crippen molar-refractivity contribution >= 4 is 51.2 Å². The Hall–Kier alpha value is -4.54. The predicted molar refractivity (Wildman–Crippen MR) is 179 cm³/mol. The summed E-state index contributed by atoms with van der Waals surface area (Å²) >= 11 is 9.64. The molecule has 0 aliphatic carbocycles.